The zero-order valence-electron chi connectivity index (χ0n) is 20.7. The number of ether oxygens (including phenoxy) is 1. The molecule has 4 aromatic rings. The van der Waals surface area contributed by atoms with Crippen LogP contribution in [-0.4, -0.2) is 39.0 Å². The maximum Gasteiger partial charge on any atom is 0.301 e. The molecule has 40 heavy (non-hydrogen) atoms. The summed E-state index contributed by atoms with van der Waals surface area (Å²) < 4.78 is 5.67. The molecule has 0 radical (unpaired) electrons. The Morgan fingerprint density at radius 1 is 1.12 bits per heavy atom. The van der Waals surface area contributed by atoms with Crippen LogP contribution in [0.15, 0.2) is 82.7 Å². The monoisotopic (exact) mass is 594 g/mol. The second kappa shape index (κ2) is 11.5. The van der Waals surface area contributed by atoms with Crippen molar-refractivity contribution >= 4 is 63.0 Å². The van der Waals surface area contributed by atoms with E-state index in [0.29, 0.717) is 20.9 Å². The van der Waals surface area contributed by atoms with Gasteiger partial charge in [0.15, 0.2) is 4.34 Å². The molecule has 13 heteroatoms. The first kappa shape index (κ1) is 27.3. The third kappa shape index (κ3) is 5.28. The van der Waals surface area contributed by atoms with E-state index in [1.165, 1.54) is 37.1 Å². The lowest BCUT2D eigenvalue weighted by atomic mass is 9.95. The van der Waals surface area contributed by atoms with E-state index < -0.39 is 28.4 Å². The Bertz CT molecular complexity index is 1660. The van der Waals surface area contributed by atoms with E-state index in [-0.39, 0.29) is 27.5 Å². The Hall–Kier alpha value is -4.26. The lowest BCUT2D eigenvalue weighted by Crippen LogP contribution is -2.29. The molecular formula is C27H19ClN4O6S2. The normalized spacial score (nSPS) is 16.4. The number of hydrogen-bond acceptors (Lipinski definition) is 10. The SMILES string of the molecule is COc1ccc(/C(O)=C2/C(=O)C(=O)N(c3nnc(SCc4ccccc4Cl)s3)C2c2cccc([N+](=O)[O-])c2)cc1. The highest BCUT2D eigenvalue weighted by atomic mass is 35.5. The molecule has 0 bridgehead atoms. The summed E-state index contributed by atoms with van der Waals surface area (Å²) in [6, 6.07) is 18.0. The highest BCUT2D eigenvalue weighted by Crippen LogP contribution is 2.44. The van der Waals surface area contributed by atoms with Crippen molar-refractivity contribution in [1.82, 2.24) is 10.2 Å². The van der Waals surface area contributed by atoms with Gasteiger partial charge in [-0.15, -0.1) is 10.2 Å². The number of Topliss-reactive ketones (excluding diaryl/α,β-unsaturated/α-hetero) is 1. The van der Waals surface area contributed by atoms with E-state index in [1.54, 1.807) is 36.4 Å². The molecular weight excluding hydrogens is 576 g/mol. The predicted octanol–water partition coefficient (Wildman–Crippen LogP) is 6.03. The summed E-state index contributed by atoms with van der Waals surface area (Å²) in [5.41, 5.74) is 0.950. The minimum Gasteiger partial charge on any atom is -0.507 e. The van der Waals surface area contributed by atoms with E-state index in [0.717, 1.165) is 21.8 Å². The van der Waals surface area contributed by atoms with Crippen LogP contribution < -0.4 is 9.64 Å². The molecule has 1 saturated heterocycles. The minimum atomic E-state index is -1.18. The average Bonchev–Trinajstić information content (AvgIpc) is 3.54. The number of benzene rings is 3. The molecule has 1 aliphatic rings. The van der Waals surface area contributed by atoms with E-state index >= 15 is 0 Å². The van der Waals surface area contributed by atoms with Gasteiger partial charge in [0.05, 0.1) is 23.6 Å². The van der Waals surface area contributed by atoms with Crippen LogP contribution in [0.5, 0.6) is 5.75 Å². The smallest absolute Gasteiger partial charge is 0.301 e. The Morgan fingerprint density at radius 3 is 2.58 bits per heavy atom. The fraction of sp³-hybridized carbons (Fsp3) is 0.111. The third-order valence-corrected chi connectivity index (χ3v) is 8.59. The van der Waals surface area contributed by atoms with Crippen molar-refractivity contribution < 1.29 is 24.4 Å². The maximum absolute atomic E-state index is 13.4. The number of aliphatic hydroxyl groups excluding tert-OH is 1. The summed E-state index contributed by atoms with van der Waals surface area (Å²) in [7, 11) is 1.49. The van der Waals surface area contributed by atoms with Crippen LogP contribution in [0.3, 0.4) is 0 Å². The number of carbonyl (C=O) groups excluding carboxylic acids is 2. The number of halogens is 1. The van der Waals surface area contributed by atoms with Crippen molar-refractivity contribution in [1.29, 1.82) is 0 Å². The molecule has 1 fully saturated rings. The molecule has 0 saturated carbocycles. The van der Waals surface area contributed by atoms with E-state index in [1.807, 2.05) is 18.2 Å². The van der Waals surface area contributed by atoms with Gasteiger partial charge in [0.25, 0.3) is 11.5 Å². The first-order valence-corrected chi connectivity index (χ1v) is 13.9. The largest absolute Gasteiger partial charge is 0.507 e. The third-order valence-electron chi connectivity index (χ3n) is 6.12. The number of nitrogens with zero attached hydrogens (tertiary/aromatic N) is 4. The van der Waals surface area contributed by atoms with Crippen LogP contribution in [0, 0.1) is 10.1 Å². The van der Waals surface area contributed by atoms with Crippen LogP contribution in [-0.2, 0) is 15.3 Å². The second-order valence-corrected chi connectivity index (χ2v) is 11.1. The van der Waals surface area contributed by atoms with Crippen molar-refractivity contribution in [3.05, 3.63) is 110 Å². The molecule has 10 nitrogen and oxygen atoms in total. The fourth-order valence-corrected chi connectivity index (χ4v) is 6.32. The van der Waals surface area contributed by atoms with E-state index in [9.17, 15) is 24.8 Å². The summed E-state index contributed by atoms with van der Waals surface area (Å²) in [5.74, 6) is -1.30. The molecule has 2 heterocycles. The maximum atomic E-state index is 13.4. The average molecular weight is 595 g/mol. The van der Waals surface area contributed by atoms with Gasteiger partial charge in [-0.25, -0.2) is 0 Å². The first-order chi connectivity index (χ1) is 19.3. The number of non-ortho nitro benzene ring substituents is 1. The van der Waals surface area contributed by atoms with Gasteiger partial charge < -0.3 is 9.84 Å². The topological polar surface area (TPSA) is 136 Å². The second-order valence-electron chi connectivity index (χ2n) is 8.48. The van der Waals surface area contributed by atoms with Crippen LogP contribution in [0.25, 0.3) is 5.76 Å². The number of rotatable bonds is 8. The molecule has 5 rings (SSSR count). The molecule has 1 aliphatic heterocycles. The summed E-state index contributed by atoms with van der Waals surface area (Å²) >= 11 is 8.69. The van der Waals surface area contributed by atoms with Crippen molar-refractivity contribution in [2.75, 3.05) is 12.0 Å². The number of ketones is 1. The fourth-order valence-electron chi connectivity index (χ4n) is 4.17. The van der Waals surface area contributed by atoms with Gasteiger partial charge in [-0.1, -0.05) is 65.0 Å². The number of amides is 1. The highest BCUT2D eigenvalue weighted by molar-refractivity contribution is 8.00. The number of hydrogen-bond donors (Lipinski definition) is 1. The number of carbonyl (C=O) groups is 2. The lowest BCUT2D eigenvalue weighted by molar-refractivity contribution is -0.384. The minimum absolute atomic E-state index is 0.106. The molecule has 1 amide bonds. The summed E-state index contributed by atoms with van der Waals surface area (Å²) in [4.78, 5) is 38.8. The molecule has 3 aromatic carbocycles. The van der Waals surface area contributed by atoms with Crippen LogP contribution in [0.2, 0.25) is 5.02 Å². The number of aliphatic hydroxyl groups is 1. The van der Waals surface area contributed by atoms with Crippen molar-refractivity contribution in [2.45, 2.75) is 16.1 Å². The summed E-state index contributed by atoms with van der Waals surface area (Å²) in [5, 5.41) is 31.8. The standard InChI is InChI=1S/C27H19ClN4O6S2/c1-38-19-11-9-15(10-12-19)23(33)21-22(16-6-4-7-18(13-16)32(36)37)31(25(35)24(21)34)26-29-30-27(40-26)39-14-17-5-2-3-8-20(17)28/h2-13,22,33H,14H2,1H3/b23-21-. The molecule has 0 spiro atoms. The molecule has 202 valence electrons. The number of methoxy groups -OCH3 is 1. The summed E-state index contributed by atoms with van der Waals surface area (Å²) in [6.45, 7) is 0. The zero-order valence-corrected chi connectivity index (χ0v) is 23.1. The van der Waals surface area contributed by atoms with Gasteiger partial charge in [-0.3, -0.25) is 24.6 Å². The van der Waals surface area contributed by atoms with Gasteiger partial charge in [0.1, 0.15) is 11.5 Å². The Balaban J connectivity index is 1.57. The van der Waals surface area contributed by atoms with Crippen molar-refractivity contribution in [3.8, 4) is 5.75 Å². The highest BCUT2D eigenvalue weighted by Gasteiger charge is 2.48. The number of nitro groups is 1. The van der Waals surface area contributed by atoms with Crippen LogP contribution in [0.4, 0.5) is 10.8 Å². The van der Waals surface area contributed by atoms with Crippen molar-refractivity contribution in [3.63, 3.8) is 0 Å². The Morgan fingerprint density at radius 2 is 1.88 bits per heavy atom. The van der Waals surface area contributed by atoms with Gasteiger partial charge in [0, 0.05) is 28.5 Å². The quantitative estimate of drug-likeness (QED) is 0.0493. The molecule has 0 aliphatic carbocycles. The predicted molar refractivity (Wildman–Crippen MR) is 152 cm³/mol. The molecule has 1 atom stereocenters. The van der Waals surface area contributed by atoms with E-state index in [2.05, 4.69) is 10.2 Å². The number of thioether (sulfide) groups is 1. The zero-order chi connectivity index (χ0) is 28.4. The molecule has 1 aromatic heterocycles. The van der Waals surface area contributed by atoms with E-state index in [4.69, 9.17) is 16.3 Å². The first-order valence-electron chi connectivity index (χ1n) is 11.7. The number of anilines is 1. The Labute approximate surface area is 241 Å². The van der Waals surface area contributed by atoms with Gasteiger partial charge in [0.2, 0.25) is 5.13 Å². The van der Waals surface area contributed by atoms with Crippen molar-refractivity contribution in [2.24, 2.45) is 0 Å². The molecule has 1 unspecified atom stereocenters. The summed E-state index contributed by atoms with van der Waals surface area (Å²) in [6.07, 6.45) is 0. The van der Waals surface area contributed by atoms with Gasteiger partial charge >= 0.3 is 5.91 Å². The van der Waals surface area contributed by atoms with Gasteiger partial charge in [-0.05, 0) is 41.5 Å². The van der Waals surface area contributed by atoms with Gasteiger partial charge in [-0.2, -0.15) is 0 Å². The number of nitro benzene ring substituents is 1. The van der Waals surface area contributed by atoms with Crippen LogP contribution >= 0.6 is 34.7 Å². The number of aromatic nitrogens is 2. The Kier molecular flexibility index (Phi) is 7.83. The molecule has 1 N–H and O–H groups in total. The van der Waals surface area contributed by atoms with Crippen LogP contribution in [0.1, 0.15) is 22.7 Å². The lowest BCUT2D eigenvalue weighted by Gasteiger charge is -2.22.